The highest BCUT2D eigenvalue weighted by Crippen LogP contribution is 2.13. The molecule has 19 heavy (non-hydrogen) atoms. The Hall–Kier alpha value is -1.85. The van der Waals surface area contributed by atoms with Gasteiger partial charge in [0.1, 0.15) is 6.54 Å². The molecule has 0 aliphatic rings. The summed E-state index contributed by atoms with van der Waals surface area (Å²) in [7, 11) is 3.44. The smallest absolute Gasteiger partial charge is 0.325 e. The van der Waals surface area contributed by atoms with Gasteiger partial charge in [-0.2, -0.15) is 5.10 Å². The number of rotatable bonds is 5. The average Bonchev–Trinajstić information content (AvgIpc) is 2.56. The normalized spacial score (nSPS) is 10.4. The minimum atomic E-state index is -0.391. The molecule has 1 amide bonds. The lowest BCUT2D eigenvalue weighted by Crippen LogP contribution is -2.34. The van der Waals surface area contributed by atoms with Crippen molar-refractivity contribution in [3.05, 3.63) is 17.0 Å². The molecule has 0 spiro atoms. The molecule has 0 N–H and O–H groups in total. The molecule has 0 saturated carbocycles. The van der Waals surface area contributed by atoms with Crippen molar-refractivity contribution in [2.45, 2.75) is 27.2 Å². The van der Waals surface area contributed by atoms with E-state index in [1.165, 1.54) is 4.90 Å². The van der Waals surface area contributed by atoms with Gasteiger partial charge in [0.25, 0.3) is 0 Å². The molecule has 106 valence electrons. The van der Waals surface area contributed by atoms with Crippen LogP contribution in [-0.2, 0) is 27.8 Å². The number of hydrogen-bond acceptors (Lipinski definition) is 4. The molecule has 6 nitrogen and oxygen atoms in total. The third kappa shape index (κ3) is 3.81. The van der Waals surface area contributed by atoms with E-state index in [1.807, 2.05) is 20.9 Å². The Labute approximate surface area is 113 Å². The number of amides is 1. The summed E-state index contributed by atoms with van der Waals surface area (Å²) in [5, 5.41) is 4.27. The van der Waals surface area contributed by atoms with Crippen molar-refractivity contribution >= 4 is 11.9 Å². The molecule has 0 bridgehead atoms. The maximum Gasteiger partial charge on any atom is 0.325 e. The van der Waals surface area contributed by atoms with Crippen LogP contribution in [0.15, 0.2) is 0 Å². The van der Waals surface area contributed by atoms with Gasteiger partial charge in [-0.05, 0) is 20.8 Å². The van der Waals surface area contributed by atoms with Gasteiger partial charge in [-0.1, -0.05) is 0 Å². The predicted octanol–water partition coefficient (Wildman–Crippen LogP) is 0.601. The van der Waals surface area contributed by atoms with Crippen molar-refractivity contribution < 1.29 is 14.3 Å². The average molecular weight is 267 g/mol. The molecule has 0 atom stereocenters. The highest BCUT2D eigenvalue weighted by molar-refractivity contribution is 5.83. The van der Waals surface area contributed by atoms with Crippen LogP contribution in [0.5, 0.6) is 0 Å². The monoisotopic (exact) mass is 267 g/mol. The van der Waals surface area contributed by atoms with Crippen LogP contribution in [-0.4, -0.2) is 46.8 Å². The van der Waals surface area contributed by atoms with Crippen molar-refractivity contribution in [2.75, 3.05) is 20.2 Å². The number of carbonyl (C=O) groups excluding carboxylic acids is 2. The standard InChI is InChI=1S/C13H21N3O3/c1-6-19-13(18)8-15(4)12(17)7-11-9(2)14-16(5)10(11)3/h6-8H2,1-5H3. The van der Waals surface area contributed by atoms with E-state index in [9.17, 15) is 9.59 Å². The summed E-state index contributed by atoms with van der Waals surface area (Å²) in [5.74, 6) is -0.509. The van der Waals surface area contributed by atoms with Gasteiger partial charge in [-0.15, -0.1) is 0 Å². The fourth-order valence-electron chi connectivity index (χ4n) is 1.85. The quantitative estimate of drug-likeness (QED) is 0.733. The number of aromatic nitrogens is 2. The molecule has 0 aromatic carbocycles. The first-order chi connectivity index (χ1) is 8.86. The third-order valence-corrected chi connectivity index (χ3v) is 3.08. The molecule has 1 aromatic heterocycles. The van der Waals surface area contributed by atoms with Gasteiger partial charge in [0, 0.05) is 25.4 Å². The van der Waals surface area contributed by atoms with Gasteiger partial charge in [0.05, 0.1) is 18.7 Å². The van der Waals surface area contributed by atoms with E-state index in [0.717, 1.165) is 17.0 Å². The van der Waals surface area contributed by atoms with Crippen LogP contribution in [0, 0.1) is 13.8 Å². The van der Waals surface area contributed by atoms with E-state index in [4.69, 9.17) is 4.74 Å². The number of likely N-dealkylation sites (N-methyl/N-ethyl adjacent to an activating group) is 1. The van der Waals surface area contributed by atoms with E-state index in [1.54, 1.807) is 18.7 Å². The lowest BCUT2D eigenvalue weighted by Gasteiger charge is -2.16. The molecule has 0 saturated heterocycles. The van der Waals surface area contributed by atoms with E-state index >= 15 is 0 Å². The van der Waals surface area contributed by atoms with E-state index in [2.05, 4.69) is 5.10 Å². The molecule has 0 aliphatic carbocycles. The second kappa shape index (κ2) is 6.36. The lowest BCUT2D eigenvalue weighted by atomic mass is 10.1. The highest BCUT2D eigenvalue weighted by Gasteiger charge is 2.18. The number of nitrogens with zero attached hydrogens (tertiary/aromatic N) is 3. The van der Waals surface area contributed by atoms with Crippen molar-refractivity contribution in [1.29, 1.82) is 0 Å². The Kier molecular flexibility index (Phi) is 5.09. The van der Waals surface area contributed by atoms with E-state index in [-0.39, 0.29) is 18.9 Å². The Bertz CT molecular complexity index is 480. The van der Waals surface area contributed by atoms with Crippen molar-refractivity contribution in [3.63, 3.8) is 0 Å². The number of ether oxygens (including phenoxy) is 1. The predicted molar refractivity (Wildman–Crippen MR) is 70.7 cm³/mol. The SMILES string of the molecule is CCOC(=O)CN(C)C(=O)Cc1c(C)nn(C)c1C. The molecule has 1 rings (SSSR count). The van der Waals surface area contributed by atoms with Crippen LogP contribution in [0.1, 0.15) is 23.9 Å². The van der Waals surface area contributed by atoms with Gasteiger partial charge < -0.3 is 9.64 Å². The number of hydrogen-bond donors (Lipinski definition) is 0. The van der Waals surface area contributed by atoms with Gasteiger partial charge in [0.15, 0.2) is 0 Å². The van der Waals surface area contributed by atoms with Gasteiger partial charge in [0.2, 0.25) is 5.91 Å². The Morgan fingerprint density at radius 1 is 1.37 bits per heavy atom. The maximum absolute atomic E-state index is 12.0. The largest absolute Gasteiger partial charge is 0.465 e. The molecule has 1 aromatic rings. The second-order valence-electron chi connectivity index (χ2n) is 4.50. The topological polar surface area (TPSA) is 64.4 Å². The zero-order valence-electron chi connectivity index (χ0n) is 12.2. The molecule has 1 heterocycles. The zero-order chi connectivity index (χ0) is 14.6. The first kappa shape index (κ1) is 15.2. The third-order valence-electron chi connectivity index (χ3n) is 3.08. The van der Waals surface area contributed by atoms with Crippen LogP contribution in [0.4, 0.5) is 0 Å². The molecule has 0 fully saturated rings. The number of carbonyl (C=O) groups is 2. The summed E-state index contributed by atoms with van der Waals surface area (Å²) < 4.78 is 6.57. The maximum atomic E-state index is 12.0. The van der Waals surface area contributed by atoms with Gasteiger partial charge in [-0.25, -0.2) is 0 Å². The fourth-order valence-corrected chi connectivity index (χ4v) is 1.85. The Morgan fingerprint density at radius 2 is 2.00 bits per heavy atom. The van der Waals surface area contributed by atoms with E-state index < -0.39 is 5.97 Å². The highest BCUT2D eigenvalue weighted by atomic mass is 16.5. The van der Waals surface area contributed by atoms with Crippen molar-refractivity contribution in [2.24, 2.45) is 7.05 Å². The van der Waals surface area contributed by atoms with Gasteiger partial charge in [-0.3, -0.25) is 14.3 Å². The van der Waals surface area contributed by atoms with Crippen LogP contribution >= 0.6 is 0 Å². The Balaban J connectivity index is 2.66. The van der Waals surface area contributed by atoms with Crippen molar-refractivity contribution in [1.82, 2.24) is 14.7 Å². The summed E-state index contributed by atoms with van der Waals surface area (Å²) in [6.07, 6.45) is 0.251. The van der Waals surface area contributed by atoms with Crippen LogP contribution < -0.4 is 0 Å². The summed E-state index contributed by atoms with van der Waals surface area (Å²) >= 11 is 0. The van der Waals surface area contributed by atoms with E-state index in [0.29, 0.717) is 6.61 Å². The molecule has 0 unspecified atom stereocenters. The Morgan fingerprint density at radius 3 is 2.47 bits per heavy atom. The van der Waals surface area contributed by atoms with Crippen LogP contribution in [0.2, 0.25) is 0 Å². The minimum Gasteiger partial charge on any atom is -0.465 e. The van der Waals surface area contributed by atoms with Crippen LogP contribution in [0.25, 0.3) is 0 Å². The summed E-state index contributed by atoms with van der Waals surface area (Å²) in [6, 6.07) is 0. The molecule has 0 radical (unpaired) electrons. The molecule has 6 heteroatoms. The summed E-state index contributed by atoms with van der Waals surface area (Å²) in [6.45, 7) is 5.84. The molecule has 0 aliphatic heterocycles. The molecular weight excluding hydrogens is 246 g/mol. The fraction of sp³-hybridized carbons (Fsp3) is 0.615. The first-order valence-electron chi connectivity index (χ1n) is 6.25. The molecular formula is C13H21N3O3. The minimum absolute atomic E-state index is 0.0228. The number of aryl methyl sites for hydroxylation is 2. The lowest BCUT2D eigenvalue weighted by molar-refractivity contribution is -0.147. The summed E-state index contributed by atoms with van der Waals surface area (Å²) in [5.41, 5.74) is 2.73. The first-order valence-corrected chi connectivity index (χ1v) is 6.25. The summed E-state index contributed by atoms with van der Waals surface area (Å²) in [4.78, 5) is 24.7. The number of esters is 1. The zero-order valence-corrected chi connectivity index (χ0v) is 12.2. The van der Waals surface area contributed by atoms with Crippen LogP contribution in [0.3, 0.4) is 0 Å². The van der Waals surface area contributed by atoms with Crippen molar-refractivity contribution in [3.8, 4) is 0 Å². The van der Waals surface area contributed by atoms with Gasteiger partial charge >= 0.3 is 5.97 Å². The second-order valence-corrected chi connectivity index (χ2v) is 4.50.